The number of aromatic nitrogens is 4. The Bertz CT molecular complexity index is 841. The fourth-order valence-corrected chi connectivity index (χ4v) is 3.02. The van der Waals surface area contributed by atoms with E-state index in [0.29, 0.717) is 23.2 Å². The van der Waals surface area contributed by atoms with Crippen LogP contribution in [0.2, 0.25) is 0 Å². The first-order chi connectivity index (χ1) is 12.2. The molecule has 0 aliphatic carbocycles. The first-order valence-corrected chi connectivity index (χ1v) is 8.57. The number of carbonyl (C=O) groups is 1. The highest BCUT2D eigenvalue weighted by atomic mass is 32.2. The van der Waals surface area contributed by atoms with Crippen LogP contribution in [0.4, 0.5) is 10.1 Å². The second-order valence-electron chi connectivity index (χ2n) is 5.08. The highest BCUT2D eigenvalue weighted by Crippen LogP contribution is 2.27. The number of benzene rings is 1. The maximum atomic E-state index is 14.4. The summed E-state index contributed by atoms with van der Waals surface area (Å²) in [4.78, 5) is 16.0. The SMILES string of the molecule is CCn1c(SC(F)C(=O)Nc2ccccc2)nnc1-c1ccncc1. The van der Waals surface area contributed by atoms with E-state index in [1.54, 1.807) is 53.4 Å². The van der Waals surface area contributed by atoms with Crippen LogP contribution in [0.5, 0.6) is 0 Å². The van der Waals surface area contributed by atoms with Crippen molar-refractivity contribution in [1.82, 2.24) is 19.7 Å². The minimum Gasteiger partial charge on any atom is -0.323 e. The monoisotopic (exact) mass is 357 g/mol. The Balaban J connectivity index is 1.74. The smallest absolute Gasteiger partial charge is 0.269 e. The molecule has 6 nitrogen and oxygen atoms in total. The minimum atomic E-state index is -1.79. The van der Waals surface area contributed by atoms with Crippen molar-refractivity contribution in [2.75, 3.05) is 5.32 Å². The zero-order chi connectivity index (χ0) is 17.6. The van der Waals surface area contributed by atoms with Crippen LogP contribution in [0.15, 0.2) is 60.0 Å². The Morgan fingerprint density at radius 3 is 2.60 bits per heavy atom. The predicted octanol–water partition coefficient (Wildman–Crippen LogP) is 3.39. The van der Waals surface area contributed by atoms with Crippen LogP contribution in [0.25, 0.3) is 11.4 Å². The van der Waals surface area contributed by atoms with E-state index in [9.17, 15) is 9.18 Å². The van der Waals surface area contributed by atoms with Crippen LogP contribution in [-0.4, -0.2) is 31.2 Å². The van der Waals surface area contributed by atoms with E-state index in [1.165, 1.54) is 0 Å². The molecule has 0 saturated heterocycles. The first-order valence-electron chi connectivity index (χ1n) is 7.69. The molecule has 1 aromatic carbocycles. The van der Waals surface area contributed by atoms with Gasteiger partial charge in [-0.05, 0) is 43.0 Å². The van der Waals surface area contributed by atoms with E-state index in [2.05, 4.69) is 20.5 Å². The van der Waals surface area contributed by atoms with E-state index < -0.39 is 11.4 Å². The van der Waals surface area contributed by atoms with Crippen LogP contribution >= 0.6 is 11.8 Å². The average molecular weight is 357 g/mol. The van der Waals surface area contributed by atoms with Gasteiger partial charge in [0.05, 0.1) is 0 Å². The van der Waals surface area contributed by atoms with Crippen molar-refractivity contribution in [2.45, 2.75) is 24.1 Å². The van der Waals surface area contributed by atoms with E-state index >= 15 is 0 Å². The summed E-state index contributed by atoms with van der Waals surface area (Å²) in [6.45, 7) is 2.47. The van der Waals surface area contributed by atoms with Crippen LogP contribution in [-0.2, 0) is 11.3 Å². The topological polar surface area (TPSA) is 72.7 Å². The summed E-state index contributed by atoms with van der Waals surface area (Å²) in [5.41, 5.74) is -0.412. The number of rotatable bonds is 6. The second-order valence-corrected chi connectivity index (χ2v) is 6.09. The number of alkyl halides is 1. The maximum Gasteiger partial charge on any atom is 0.269 e. The van der Waals surface area contributed by atoms with Gasteiger partial charge >= 0.3 is 0 Å². The first kappa shape index (κ1) is 17.1. The Kier molecular flexibility index (Phi) is 5.39. The molecule has 0 aliphatic heterocycles. The molecular formula is C17H16FN5OS. The molecule has 0 aliphatic rings. The molecule has 3 aromatic rings. The third kappa shape index (κ3) is 4.03. The molecule has 1 N–H and O–H groups in total. The molecule has 0 spiro atoms. The van der Waals surface area contributed by atoms with Gasteiger partial charge in [0.1, 0.15) is 0 Å². The van der Waals surface area contributed by atoms with Crippen LogP contribution in [0.1, 0.15) is 6.92 Å². The van der Waals surface area contributed by atoms with Crippen LogP contribution < -0.4 is 5.32 Å². The molecule has 2 aromatic heterocycles. The zero-order valence-corrected chi connectivity index (χ0v) is 14.3. The van der Waals surface area contributed by atoms with E-state index in [-0.39, 0.29) is 0 Å². The fourth-order valence-electron chi connectivity index (χ4n) is 2.24. The van der Waals surface area contributed by atoms with Gasteiger partial charge < -0.3 is 9.88 Å². The van der Waals surface area contributed by atoms with Crippen molar-refractivity contribution in [2.24, 2.45) is 0 Å². The maximum absolute atomic E-state index is 14.4. The number of halogens is 1. The zero-order valence-electron chi connectivity index (χ0n) is 13.5. The molecule has 3 rings (SSSR count). The van der Waals surface area contributed by atoms with Gasteiger partial charge in [-0.25, -0.2) is 4.39 Å². The van der Waals surface area contributed by atoms with Crippen molar-refractivity contribution in [3.8, 4) is 11.4 Å². The fraction of sp³-hybridized carbons (Fsp3) is 0.176. The predicted molar refractivity (Wildman–Crippen MR) is 94.8 cm³/mol. The van der Waals surface area contributed by atoms with E-state index in [1.807, 2.05) is 13.0 Å². The highest BCUT2D eigenvalue weighted by Gasteiger charge is 2.23. The number of hydrogen-bond donors (Lipinski definition) is 1. The lowest BCUT2D eigenvalue weighted by Gasteiger charge is -2.10. The van der Waals surface area contributed by atoms with Crippen molar-refractivity contribution >= 4 is 23.4 Å². The van der Waals surface area contributed by atoms with Gasteiger partial charge in [-0.2, -0.15) is 0 Å². The summed E-state index contributed by atoms with van der Waals surface area (Å²) in [6.07, 6.45) is 3.31. The normalized spacial score (nSPS) is 11.9. The molecule has 0 radical (unpaired) electrons. The van der Waals surface area contributed by atoms with Gasteiger partial charge in [0.15, 0.2) is 11.0 Å². The Labute approximate surface area is 148 Å². The molecule has 0 saturated carbocycles. The third-order valence-corrected chi connectivity index (χ3v) is 4.36. The number of amides is 1. The molecule has 1 unspecified atom stereocenters. The standard InChI is InChI=1S/C17H16FN5OS/c1-2-23-15(12-8-10-19-11-9-12)21-22-17(23)25-14(18)16(24)20-13-6-4-3-5-7-13/h3-11,14H,2H2,1H3,(H,20,24). The number of thioether (sulfide) groups is 1. The number of nitrogens with one attached hydrogen (secondary N) is 1. The molecule has 1 atom stereocenters. The van der Waals surface area contributed by atoms with Gasteiger partial charge in [0, 0.05) is 30.2 Å². The molecule has 8 heteroatoms. The number of pyridine rings is 1. The molecule has 0 fully saturated rings. The third-order valence-electron chi connectivity index (χ3n) is 3.43. The van der Waals surface area contributed by atoms with Gasteiger partial charge in [0.2, 0.25) is 5.50 Å². The number of para-hydroxylation sites is 1. The van der Waals surface area contributed by atoms with Crippen molar-refractivity contribution in [1.29, 1.82) is 0 Å². The largest absolute Gasteiger partial charge is 0.323 e. The Morgan fingerprint density at radius 1 is 1.20 bits per heavy atom. The molecule has 1 amide bonds. The van der Waals surface area contributed by atoms with Gasteiger partial charge in [-0.15, -0.1) is 10.2 Å². The van der Waals surface area contributed by atoms with Gasteiger partial charge in [-0.3, -0.25) is 9.78 Å². The molecule has 2 heterocycles. The highest BCUT2D eigenvalue weighted by molar-refractivity contribution is 8.00. The lowest BCUT2D eigenvalue weighted by atomic mass is 10.2. The molecule has 128 valence electrons. The van der Waals surface area contributed by atoms with E-state index in [4.69, 9.17) is 0 Å². The minimum absolute atomic E-state index is 0.352. The van der Waals surface area contributed by atoms with Crippen molar-refractivity contribution < 1.29 is 9.18 Å². The summed E-state index contributed by atoms with van der Waals surface area (Å²) in [5.74, 6) is -0.115. The van der Waals surface area contributed by atoms with Crippen LogP contribution in [0.3, 0.4) is 0 Å². The Hall–Kier alpha value is -2.74. The van der Waals surface area contributed by atoms with Gasteiger partial charge in [-0.1, -0.05) is 18.2 Å². The summed E-state index contributed by atoms with van der Waals surface area (Å²) >= 11 is 0.733. The number of carbonyl (C=O) groups excluding carboxylic acids is 1. The van der Waals surface area contributed by atoms with Crippen molar-refractivity contribution in [3.05, 3.63) is 54.9 Å². The lowest BCUT2D eigenvalue weighted by molar-refractivity contribution is -0.118. The summed E-state index contributed by atoms with van der Waals surface area (Å²) in [5, 5.41) is 11.0. The summed E-state index contributed by atoms with van der Waals surface area (Å²) in [6, 6.07) is 12.4. The number of nitrogens with zero attached hydrogens (tertiary/aromatic N) is 4. The second kappa shape index (κ2) is 7.89. The summed E-state index contributed by atoms with van der Waals surface area (Å²) in [7, 11) is 0. The van der Waals surface area contributed by atoms with Crippen molar-refractivity contribution in [3.63, 3.8) is 0 Å². The van der Waals surface area contributed by atoms with Crippen LogP contribution in [0, 0.1) is 0 Å². The number of anilines is 1. The average Bonchev–Trinajstić information content (AvgIpc) is 3.05. The quantitative estimate of drug-likeness (QED) is 0.685. The lowest BCUT2D eigenvalue weighted by Crippen LogP contribution is -2.21. The summed E-state index contributed by atoms with van der Waals surface area (Å²) < 4.78 is 16.1. The molecule has 0 bridgehead atoms. The number of hydrogen-bond acceptors (Lipinski definition) is 5. The van der Waals surface area contributed by atoms with E-state index in [0.717, 1.165) is 17.3 Å². The molecule has 25 heavy (non-hydrogen) atoms. The van der Waals surface area contributed by atoms with Gasteiger partial charge in [0.25, 0.3) is 5.91 Å². The molecular weight excluding hydrogens is 341 g/mol. The Morgan fingerprint density at radius 2 is 1.92 bits per heavy atom.